The molecule has 2 heterocycles. The first-order valence-corrected chi connectivity index (χ1v) is 7.18. The fraction of sp³-hybridized carbons (Fsp3) is 0.357. The van der Waals surface area contributed by atoms with Crippen LogP contribution in [0.4, 0.5) is 5.69 Å². The molecule has 1 N–H and O–H groups in total. The number of benzene rings is 1. The normalized spacial score (nSPS) is 17.8. The second-order valence-corrected chi connectivity index (χ2v) is 5.79. The van der Waals surface area contributed by atoms with Crippen molar-refractivity contribution >= 4 is 17.4 Å². The zero-order valence-electron chi connectivity index (χ0n) is 10.7. The van der Waals surface area contributed by atoms with Crippen molar-refractivity contribution in [3.63, 3.8) is 0 Å². The van der Waals surface area contributed by atoms with Gasteiger partial charge in [-0.1, -0.05) is 18.2 Å². The maximum atomic E-state index is 4.35. The highest BCUT2D eigenvalue weighted by Crippen LogP contribution is 2.39. The van der Waals surface area contributed by atoms with E-state index in [9.17, 15) is 0 Å². The summed E-state index contributed by atoms with van der Waals surface area (Å²) in [4.78, 5) is 1.44. The summed E-state index contributed by atoms with van der Waals surface area (Å²) >= 11 is 1.96. The number of hydrogen-bond donors (Lipinski definition) is 1. The average molecular weight is 259 g/mol. The number of nitrogens with one attached hydrogen (secondary N) is 1. The molecular weight excluding hydrogens is 242 g/mol. The number of anilines is 1. The highest BCUT2D eigenvalue weighted by atomic mass is 32.2. The van der Waals surface area contributed by atoms with E-state index in [1.165, 1.54) is 16.2 Å². The maximum absolute atomic E-state index is 4.35. The molecule has 94 valence electrons. The van der Waals surface area contributed by atoms with Gasteiger partial charge >= 0.3 is 0 Å². The third-order valence-electron chi connectivity index (χ3n) is 3.35. The standard InChI is InChI=1S/C14H17N3S/c1-10-13(8-17(2)16-10)15-7-11-9-18-14-6-4-3-5-12(11)14/h3-6,8,11,15H,7,9H2,1-2H3. The van der Waals surface area contributed by atoms with E-state index in [1.807, 2.05) is 36.6 Å². The van der Waals surface area contributed by atoms with E-state index < -0.39 is 0 Å². The molecule has 0 bridgehead atoms. The van der Waals surface area contributed by atoms with Crippen LogP contribution in [0.2, 0.25) is 0 Å². The van der Waals surface area contributed by atoms with Crippen LogP contribution in [-0.4, -0.2) is 22.1 Å². The van der Waals surface area contributed by atoms with Crippen molar-refractivity contribution in [3.8, 4) is 0 Å². The second-order valence-electron chi connectivity index (χ2n) is 4.73. The Hall–Kier alpha value is -1.42. The molecule has 1 aliphatic heterocycles. The van der Waals surface area contributed by atoms with E-state index >= 15 is 0 Å². The van der Waals surface area contributed by atoms with Crippen molar-refractivity contribution in [1.29, 1.82) is 0 Å². The van der Waals surface area contributed by atoms with Crippen molar-refractivity contribution < 1.29 is 0 Å². The number of nitrogens with zero attached hydrogens (tertiary/aromatic N) is 2. The zero-order chi connectivity index (χ0) is 12.5. The summed E-state index contributed by atoms with van der Waals surface area (Å²) < 4.78 is 1.86. The molecule has 0 saturated carbocycles. The quantitative estimate of drug-likeness (QED) is 0.919. The first kappa shape index (κ1) is 11.7. The molecule has 1 aromatic heterocycles. The number of hydrogen-bond acceptors (Lipinski definition) is 3. The van der Waals surface area contributed by atoms with Gasteiger partial charge in [-0.05, 0) is 18.6 Å². The Morgan fingerprint density at radius 1 is 1.44 bits per heavy atom. The van der Waals surface area contributed by atoms with E-state index in [4.69, 9.17) is 0 Å². The molecule has 2 aromatic rings. The van der Waals surface area contributed by atoms with Crippen LogP contribution < -0.4 is 5.32 Å². The van der Waals surface area contributed by atoms with E-state index in [-0.39, 0.29) is 0 Å². The molecule has 1 atom stereocenters. The van der Waals surface area contributed by atoms with Crippen LogP contribution in [0.15, 0.2) is 35.4 Å². The molecule has 18 heavy (non-hydrogen) atoms. The van der Waals surface area contributed by atoms with Crippen LogP contribution in [-0.2, 0) is 7.05 Å². The van der Waals surface area contributed by atoms with Crippen LogP contribution in [0.5, 0.6) is 0 Å². The predicted molar refractivity (Wildman–Crippen MR) is 76.3 cm³/mol. The van der Waals surface area contributed by atoms with Gasteiger partial charge in [-0.2, -0.15) is 5.10 Å². The monoisotopic (exact) mass is 259 g/mol. The van der Waals surface area contributed by atoms with Gasteiger partial charge in [0.25, 0.3) is 0 Å². The minimum atomic E-state index is 0.603. The molecule has 4 heteroatoms. The summed E-state index contributed by atoms with van der Waals surface area (Å²) in [6, 6.07) is 8.72. The molecule has 1 aliphatic rings. The average Bonchev–Trinajstić information content (AvgIpc) is 2.90. The first-order chi connectivity index (χ1) is 8.74. The first-order valence-electron chi connectivity index (χ1n) is 6.20. The lowest BCUT2D eigenvalue weighted by molar-refractivity contribution is 0.756. The van der Waals surface area contributed by atoms with E-state index in [0.29, 0.717) is 5.92 Å². The summed E-state index contributed by atoms with van der Waals surface area (Å²) in [5.74, 6) is 1.77. The third kappa shape index (κ3) is 2.12. The lowest BCUT2D eigenvalue weighted by atomic mass is 10.0. The number of fused-ring (bicyclic) bond motifs is 1. The van der Waals surface area contributed by atoms with Gasteiger partial charge in [-0.25, -0.2) is 0 Å². The Labute approximate surface area is 112 Å². The molecule has 0 saturated heterocycles. The highest BCUT2D eigenvalue weighted by Gasteiger charge is 2.22. The molecule has 0 aliphatic carbocycles. The fourth-order valence-corrected chi connectivity index (χ4v) is 3.66. The number of aromatic nitrogens is 2. The van der Waals surface area contributed by atoms with Crippen LogP contribution in [0, 0.1) is 6.92 Å². The zero-order valence-corrected chi connectivity index (χ0v) is 11.5. The predicted octanol–water partition coefficient (Wildman–Crippen LogP) is 3.03. The Morgan fingerprint density at radius 3 is 3.06 bits per heavy atom. The van der Waals surface area contributed by atoms with Crippen molar-refractivity contribution in [2.75, 3.05) is 17.6 Å². The fourth-order valence-electron chi connectivity index (χ4n) is 2.40. The molecule has 3 rings (SSSR count). The summed E-state index contributed by atoms with van der Waals surface area (Å²) in [6.07, 6.45) is 2.04. The molecular formula is C14H17N3S. The van der Waals surface area contributed by atoms with Crippen molar-refractivity contribution in [1.82, 2.24) is 9.78 Å². The minimum absolute atomic E-state index is 0.603. The maximum Gasteiger partial charge on any atom is 0.0824 e. The molecule has 0 amide bonds. The van der Waals surface area contributed by atoms with Gasteiger partial charge in [0, 0.05) is 36.4 Å². The summed E-state index contributed by atoms with van der Waals surface area (Å²) in [5.41, 5.74) is 3.69. The molecule has 0 fully saturated rings. The van der Waals surface area contributed by atoms with Gasteiger partial charge in [-0.3, -0.25) is 4.68 Å². The van der Waals surface area contributed by atoms with Crippen molar-refractivity contribution in [3.05, 3.63) is 41.7 Å². The molecule has 0 radical (unpaired) electrons. The second kappa shape index (κ2) is 4.69. The summed E-state index contributed by atoms with van der Waals surface area (Å²) in [6.45, 7) is 3.02. The van der Waals surface area contributed by atoms with Gasteiger partial charge in [0.05, 0.1) is 11.4 Å². The van der Waals surface area contributed by atoms with Crippen molar-refractivity contribution in [2.24, 2.45) is 7.05 Å². The van der Waals surface area contributed by atoms with Crippen LogP contribution in [0.1, 0.15) is 17.2 Å². The largest absolute Gasteiger partial charge is 0.382 e. The lowest BCUT2D eigenvalue weighted by Gasteiger charge is -2.12. The summed E-state index contributed by atoms with van der Waals surface area (Å²) in [7, 11) is 1.96. The topological polar surface area (TPSA) is 29.9 Å². The Balaban J connectivity index is 1.70. The van der Waals surface area contributed by atoms with Crippen LogP contribution >= 0.6 is 11.8 Å². The SMILES string of the molecule is Cc1nn(C)cc1NCC1CSc2ccccc21. The number of aryl methyl sites for hydroxylation is 2. The Morgan fingerprint density at radius 2 is 2.28 bits per heavy atom. The number of rotatable bonds is 3. The molecule has 0 spiro atoms. The Kier molecular flexibility index (Phi) is 3.04. The van der Waals surface area contributed by atoms with E-state index in [2.05, 4.69) is 34.7 Å². The molecule has 1 aromatic carbocycles. The van der Waals surface area contributed by atoms with E-state index in [0.717, 1.165) is 17.9 Å². The number of thioether (sulfide) groups is 1. The highest BCUT2D eigenvalue weighted by molar-refractivity contribution is 7.99. The molecule has 3 nitrogen and oxygen atoms in total. The van der Waals surface area contributed by atoms with Crippen molar-refractivity contribution in [2.45, 2.75) is 17.7 Å². The minimum Gasteiger partial charge on any atom is -0.382 e. The van der Waals surface area contributed by atoms with Gasteiger partial charge in [0.1, 0.15) is 0 Å². The third-order valence-corrected chi connectivity index (χ3v) is 4.60. The van der Waals surface area contributed by atoms with Crippen LogP contribution in [0.3, 0.4) is 0 Å². The smallest absolute Gasteiger partial charge is 0.0824 e. The van der Waals surface area contributed by atoms with E-state index in [1.54, 1.807) is 0 Å². The van der Waals surface area contributed by atoms with Gasteiger partial charge in [0.15, 0.2) is 0 Å². The van der Waals surface area contributed by atoms with Gasteiger partial charge < -0.3 is 5.32 Å². The van der Waals surface area contributed by atoms with Crippen LogP contribution in [0.25, 0.3) is 0 Å². The van der Waals surface area contributed by atoms with Gasteiger partial charge in [-0.15, -0.1) is 11.8 Å². The van der Waals surface area contributed by atoms with Gasteiger partial charge in [0.2, 0.25) is 0 Å². The molecule has 1 unspecified atom stereocenters. The Bertz CT molecular complexity index is 562. The summed E-state index contributed by atoms with van der Waals surface area (Å²) in [5, 5.41) is 7.87. The lowest BCUT2D eigenvalue weighted by Crippen LogP contribution is -2.12.